The molecule has 0 bridgehead atoms. The van der Waals surface area contributed by atoms with Crippen LogP contribution in [0.15, 0.2) is 47.5 Å². The van der Waals surface area contributed by atoms with Crippen LogP contribution in [0.2, 0.25) is 0 Å². The summed E-state index contributed by atoms with van der Waals surface area (Å²) in [6.45, 7) is 10.2. The third-order valence-electron chi connectivity index (χ3n) is 3.38. The van der Waals surface area contributed by atoms with Gasteiger partial charge in [-0.3, -0.25) is 4.72 Å². The minimum absolute atomic E-state index is 0.105. The number of nitrogens with one attached hydrogen (secondary N) is 2. The fraction of sp³-hybridized carbons (Fsp3) is 0.389. The minimum atomic E-state index is -3.61. The molecule has 0 aliphatic heterocycles. The summed E-state index contributed by atoms with van der Waals surface area (Å²) < 4.78 is 27.4. The quantitative estimate of drug-likeness (QED) is 0.849. The molecule has 0 saturated heterocycles. The van der Waals surface area contributed by atoms with E-state index in [2.05, 4.69) is 28.9 Å². The topological polar surface area (TPSA) is 71.1 Å². The smallest absolute Gasteiger partial charge is 0.261 e. The first kappa shape index (κ1) is 18.3. The van der Waals surface area contributed by atoms with E-state index in [1.807, 2.05) is 32.9 Å². The molecule has 24 heavy (non-hydrogen) atoms. The van der Waals surface area contributed by atoms with Gasteiger partial charge < -0.3 is 5.32 Å². The van der Waals surface area contributed by atoms with Crippen LogP contribution >= 0.6 is 0 Å². The van der Waals surface area contributed by atoms with Crippen LogP contribution in [0.4, 0.5) is 11.5 Å². The van der Waals surface area contributed by atoms with Crippen molar-refractivity contribution in [1.29, 1.82) is 0 Å². The molecule has 1 aromatic heterocycles. The van der Waals surface area contributed by atoms with Crippen molar-refractivity contribution in [2.75, 3.05) is 10.0 Å². The van der Waals surface area contributed by atoms with Crippen molar-refractivity contribution in [3.8, 4) is 0 Å². The van der Waals surface area contributed by atoms with Crippen LogP contribution in [-0.2, 0) is 10.0 Å². The lowest BCUT2D eigenvalue weighted by Crippen LogP contribution is -2.26. The highest BCUT2D eigenvalue weighted by Gasteiger charge is 2.15. The Morgan fingerprint density at radius 3 is 2.08 bits per heavy atom. The molecule has 5 nitrogen and oxygen atoms in total. The van der Waals surface area contributed by atoms with Gasteiger partial charge in [-0.2, -0.15) is 0 Å². The van der Waals surface area contributed by atoms with Crippen LogP contribution in [0, 0.1) is 0 Å². The van der Waals surface area contributed by atoms with Gasteiger partial charge in [0.2, 0.25) is 0 Å². The normalized spacial score (nSPS) is 12.2. The number of rotatable bonds is 5. The Morgan fingerprint density at radius 1 is 1.00 bits per heavy atom. The Hall–Kier alpha value is -2.08. The summed E-state index contributed by atoms with van der Waals surface area (Å²) in [6, 6.07) is 10.4. The molecule has 0 unspecified atom stereocenters. The molecule has 0 fully saturated rings. The van der Waals surface area contributed by atoms with Gasteiger partial charge in [-0.15, -0.1) is 0 Å². The highest BCUT2D eigenvalue weighted by molar-refractivity contribution is 7.92. The van der Waals surface area contributed by atoms with Crippen molar-refractivity contribution in [2.45, 2.75) is 51.0 Å². The second-order valence-electron chi connectivity index (χ2n) is 7.14. The maximum atomic E-state index is 12.4. The molecule has 0 spiro atoms. The van der Waals surface area contributed by atoms with E-state index >= 15 is 0 Å². The second-order valence-corrected chi connectivity index (χ2v) is 8.82. The Balaban J connectivity index is 2.14. The number of nitrogens with zero attached hydrogens (tertiary/aromatic N) is 1. The molecule has 0 aliphatic carbocycles. The molecule has 0 atom stereocenters. The lowest BCUT2D eigenvalue weighted by atomic mass is 10.0. The van der Waals surface area contributed by atoms with Crippen LogP contribution in [0.5, 0.6) is 0 Å². The Morgan fingerprint density at radius 2 is 1.62 bits per heavy atom. The van der Waals surface area contributed by atoms with Crippen molar-refractivity contribution in [1.82, 2.24) is 4.98 Å². The molecule has 0 aliphatic rings. The number of hydrogen-bond donors (Lipinski definition) is 2. The van der Waals surface area contributed by atoms with E-state index in [4.69, 9.17) is 0 Å². The van der Waals surface area contributed by atoms with Gasteiger partial charge in [-0.1, -0.05) is 26.0 Å². The number of hydrogen-bond acceptors (Lipinski definition) is 4. The second kappa shape index (κ2) is 6.81. The average molecular weight is 347 g/mol. The lowest BCUT2D eigenvalue weighted by Gasteiger charge is -2.21. The first-order valence-electron chi connectivity index (χ1n) is 7.94. The zero-order valence-corrected chi connectivity index (χ0v) is 15.6. The predicted octanol–water partition coefficient (Wildman–Crippen LogP) is 4.22. The molecule has 1 aromatic carbocycles. The van der Waals surface area contributed by atoms with Gasteiger partial charge in [-0.05, 0) is 56.5 Å². The zero-order chi connectivity index (χ0) is 18.0. The third-order valence-corrected chi connectivity index (χ3v) is 4.77. The standard InChI is InChI=1S/C18H25N3O2S/c1-13(2)14-6-9-16(10-7-14)24(22,23)21-15-8-11-17(19-12-15)20-18(3,4)5/h6-13,21H,1-5H3,(H,19,20). The third kappa shape index (κ3) is 4.96. The van der Waals surface area contributed by atoms with Gasteiger partial charge in [-0.25, -0.2) is 13.4 Å². The maximum absolute atomic E-state index is 12.4. The zero-order valence-electron chi connectivity index (χ0n) is 14.8. The number of anilines is 2. The van der Waals surface area contributed by atoms with Gasteiger partial charge in [0, 0.05) is 5.54 Å². The summed E-state index contributed by atoms with van der Waals surface area (Å²) >= 11 is 0. The van der Waals surface area contributed by atoms with Crippen LogP contribution < -0.4 is 10.0 Å². The van der Waals surface area contributed by atoms with Gasteiger partial charge >= 0.3 is 0 Å². The Bertz CT molecular complexity index is 775. The highest BCUT2D eigenvalue weighted by Crippen LogP contribution is 2.20. The summed E-state index contributed by atoms with van der Waals surface area (Å²) in [6.07, 6.45) is 1.51. The monoisotopic (exact) mass is 347 g/mol. The van der Waals surface area contributed by atoms with Crippen molar-refractivity contribution in [2.24, 2.45) is 0 Å². The molecule has 1 heterocycles. The van der Waals surface area contributed by atoms with Crippen molar-refractivity contribution in [3.05, 3.63) is 48.2 Å². The first-order chi connectivity index (χ1) is 11.1. The largest absolute Gasteiger partial charge is 0.365 e. The number of sulfonamides is 1. The summed E-state index contributed by atoms with van der Waals surface area (Å²) in [5.41, 5.74) is 1.43. The molecule has 0 saturated carbocycles. The molecular weight excluding hydrogens is 322 g/mol. The molecule has 6 heteroatoms. The van der Waals surface area contributed by atoms with Crippen molar-refractivity contribution in [3.63, 3.8) is 0 Å². The number of benzene rings is 1. The van der Waals surface area contributed by atoms with Gasteiger partial charge in [0.15, 0.2) is 0 Å². The molecule has 2 aromatic rings. The summed E-state index contributed by atoms with van der Waals surface area (Å²) in [4.78, 5) is 4.48. The Kier molecular flexibility index (Phi) is 5.18. The van der Waals surface area contributed by atoms with Crippen molar-refractivity contribution >= 4 is 21.5 Å². The predicted molar refractivity (Wildman–Crippen MR) is 99.0 cm³/mol. The summed E-state index contributed by atoms with van der Waals surface area (Å²) in [5.74, 6) is 1.06. The minimum Gasteiger partial charge on any atom is -0.365 e. The number of pyridine rings is 1. The van der Waals surface area contributed by atoms with E-state index in [0.29, 0.717) is 17.4 Å². The molecule has 2 N–H and O–H groups in total. The van der Waals surface area contributed by atoms with Crippen LogP contribution in [0.1, 0.15) is 46.1 Å². The van der Waals surface area contributed by atoms with E-state index < -0.39 is 10.0 Å². The van der Waals surface area contributed by atoms with E-state index in [-0.39, 0.29) is 10.4 Å². The molecule has 0 amide bonds. The molecule has 2 rings (SSSR count). The van der Waals surface area contributed by atoms with Crippen LogP contribution in [0.3, 0.4) is 0 Å². The van der Waals surface area contributed by atoms with Crippen molar-refractivity contribution < 1.29 is 8.42 Å². The molecule has 0 radical (unpaired) electrons. The first-order valence-corrected chi connectivity index (χ1v) is 9.42. The maximum Gasteiger partial charge on any atom is 0.261 e. The fourth-order valence-electron chi connectivity index (χ4n) is 2.16. The van der Waals surface area contributed by atoms with E-state index in [0.717, 1.165) is 5.56 Å². The highest BCUT2D eigenvalue weighted by atomic mass is 32.2. The molecule has 130 valence electrons. The van der Waals surface area contributed by atoms with E-state index in [1.165, 1.54) is 6.20 Å². The van der Waals surface area contributed by atoms with Gasteiger partial charge in [0.1, 0.15) is 5.82 Å². The van der Waals surface area contributed by atoms with E-state index in [9.17, 15) is 8.42 Å². The van der Waals surface area contributed by atoms with Crippen LogP contribution in [0.25, 0.3) is 0 Å². The summed E-state index contributed by atoms with van der Waals surface area (Å²) in [7, 11) is -3.61. The van der Waals surface area contributed by atoms with Gasteiger partial charge in [0.05, 0.1) is 16.8 Å². The van der Waals surface area contributed by atoms with E-state index in [1.54, 1.807) is 24.3 Å². The van der Waals surface area contributed by atoms with Gasteiger partial charge in [0.25, 0.3) is 10.0 Å². The average Bonchev–Trinajstić information content (AvgIpc) is 2.47. The summed E-state index contributed by atoms with van der Waals surface area (Å²) in [5, 5.41) is 3.23. The van der Waals surface area contributed by atoms with Crippen LogP contribution in [-0.4, -0.2) is 18.9 Å². The fourth-order valence-corrected chi connectivity index (χ4v) is 3.20. The SMILES string of the molecule is CC(C)c1ccc(S(=O)(=O)Nc2ccc(NC(C)(C)C)nc2)cc1. The Labute approximate surface area is 144 Å². The number of aromatic nitrogens is 1. The lowest BCUT2D eigenvalue weighted by molar-refractivity contribution is 0.601. The molecular formula is C18H25N3O2S.